The first-order valence-electron chi connectivity index (χ1n) is 9.34. The van der Waals surface area contributed by atoms with Crippen molar-refractivity contribution in [2.45, 2.75) is 71.8 Å². The van der Waals surface area contributed by atoms with Gasteiger partial charge < -0.3 is 10.2 Å². The van der Waals surface area contributed by atoms with E-state index in [0.29, 0.717) is 22.7 Å². The second-order valence-electron chi connectivity index (χ2n) is 9.61. The molecule has 0 radical (unpaired) electrons. The molecule has 3 saturated carbocycles. The molecule has 124 valence electrons. The maximum atomic E-state index is 10.6. The molecule has 0 aromatic heterocycles. The Morgan fingerprint density at radius 1 is 1.05 bits per heavy atom. The normalized spacial score (nSPS) is 52.7. The maximum absolute atomic E-state index is 10.6. The van der Waals surface area contributed by atoms with E-state index in [1.165, 1.54) is 44.1 Å². The molecule has 6 atom stereocenters. The summed E-state index contributed by atoms with van der Waals surface area (Å²) in [5.41, 5.74) is 2.12. The molecule has 0 aromatic rings. The first kappa shape index (κ1) is 15.2. The zero-order valence-electron chi connectivity index (χ0n) is 14.4. The van der Waals surface area contributed by atoms with E-state index >= 15 is 0 Å². The molecule has 4 rings (SSSR count). The Morgan fingerprint density at radius 2 is 1.82 bits per heavy atom. The second-order valence-corrected chi connectivity index (χ2v) is 9.61. The molecular weight excluding hydrogens is 272 g/mol. The van der Waals surface area contributed by atoms with Crippen LogP contribution in [0, 0.1) is 34.0 Å². The van der Waals surface area contributed by atoms with Crippen LogP contribution >= 0.6 is 0 Å². The molecule has 2 nitrogen and oxygen atoms in total. The van der Waals surface area contributed by atoms with Gasteiger partial charge >= 0.3 is 0 Å². The molecule has 0 aromatic carbocycles. The Balaban J connectivity index is 1.74. The van der Waals surface area contributed by atoms with Gasteiger partial charge in [0.05, 0.1) is 12.7 Å². The van der Waals surface area contributed by atoms with Crippen molar-refractivity contribution in [3.63, 3.8) is 0 Å². The summed E-state index contributed by atoms with van der Waals surface area (Å²) in [6.07, 6.45) is 10.9. The van der Waals surface area contributed by atoms with Crippen molar-refractivity contribution in [2.75, 3.05) is 6.61 Å². The summed E-state index contributed by atoms with van der Waals surface area (Å²) in [4.78, 5) is 0. The minimum atomic E-state index is -0.136. The van der Waals surface area contributed by atoms with Crippen molar-refractivity contribution in [1.82, 2.24) is 0 Å². The molecule has 2 bridgehead atoms. The number of aliphatic hydroxyl groups is 2. The number of fused-ring (bicyclic) bond motifs is 3. The number of aliphatic hydroxyl groups excluding tert-OH is 2. The minimum absolute atomic E-state index is 0.0492. The van der Waals surface area contributed by atoms with Gasteiger partial charge in [0.15, 0.2) is 0 Å². The van der Waals surface area contributed by atoms with Gasteiger partial charge in [0.25, 0.3) is 0 Å². The van der Waals surface area contributed by atoms with E-state index in [2.05, 4.69) is 26.8 Å². The summed E-state index contributed by atoms with van der Waals surface area (Å²) in [6, 6.07) is 0. The fourth-order valence-electron chi connectivity index (χ4n) is 7.44. The molecule has 4 aliphatic rings. The van der Waals surface area contributed by atoms with Crippen LogP contribution in [0.15, 0.2) is 11.6 Å². The first-order valence-corrected chi connectivity index (χ1v) is 9.34. The zero-order valence-corrected chi connectivity index (χ0v) is 14.4. The number of rotatable bonds is 1. The average Bonchev–Trinajstić information content (AvgIpc) is 2.74. The molecule has 2 N–H and O–H groups in total. The standard InChI is InChI=1S/C20H32O2/c1-18(2)15-6-9-20-10-13(14(11-20)12-21)4-5-16(20)19(15,3)8-7-17(18)22/h11,13,15-17,21-22H,4-10,12H2,1-3H3. The highest BCUT2D eigenvalue weighted by Gasteiger charge is 2.63. The maximum Gasteiger partial charge on any atom is 0.0644 e. The second kappa shape index (κ2) is 4.60. The average molecular weight is 304 g/mol. The molecule has 4 aliphatic carbocycles. The van der Waals surface area contributed by atoms with Crippen LogP contribution in [0.1, 0.15) is 65.7 Å². The van der Waals surface area contributed by atoms with Gasteiger partial charge in [-0.2, -0.15) is 0 Å². The quantitative estimate of drug-likeness (QED) is 0.721. The van der Waals surface area contributed by atoms with E-state index in [1.54, 1.807) is 0 Å². The van der Waals surface area contributed by atoms with Crippen LogP contribution in [0.2, 0.25) is 0 Å². The third-order valence-corrected chi connectivity index (χ3v) is 8.51. The Bertz CT molecular complexity index is 508. The van der Waals surface area contributed by atoms with E-state index in [4.69, 9.17) is 0 Å². The van der Waals surface area contributed by atoms with Crippen molar-refractivity contribution in [2.24, 2.45) is 34.0 Å². The molecule has 0 amide bonds. The van der Waals surface area contributed by atoms with Crippen LogP contribution in [0.5, 0.6) is 0 Å². The summed E-state index contributed by atoms with van der Waals surface area (Å²) < 4.78 is 0. The smallest absolute Gasteiger partial charge is 0.0644 e. The van der Waals surface area contributed by atoms with Gasteiger partial charge in [-0.15, -0.1) is 0 Å². The predicted molar refractivity (Wildman–Crippen MR) is 88.3 cm³/mol. The third kappa shape index (κ3) is 1.74. The van der Waals surface area contributed by atoms with Crippen LogP contribution in [0.25, 0.3) is 0 Å². The highest BCUT2D eigenvalue weighted by atomic mass is 16.3. The van der Waals surface area contributed by atoms with Gasteiger partial charge in [-0.25, -0.2) is 0 Å². The van der Waals surface area contributed by atoms with Gasteiger partial charge in [-0.1, -0.05) is 26.8 Å². The van der Waals surface area contributed by atoms with Crippen LogP contribution < -0.4 is 0 Å². The Hall–Kier alpha value is -0.340. The lowest BCUT2D eigenvalue weighted by Crippen LogP contribution is -2.59. The van der Waals surface area contributed by atoms with Crippen molar-refractivity contribution < 1.29 is 10.2 Å². The lowest BCUT2D eigenvalue weighted by Gasteiger charge is -2.64. The molecule has 22 heavy (non-hydrogen) atoms. The van der Waals surface area contributed by atoms with Crippen molar-refractivity contribution >= 4 is 0 Å². The number of hydrogen-bond donors (Lipinski definition) is 2. The fourth-order valence-corrected chi connectivity index (χ4v) is 7.44. The Morgan fingerprint density at radius 3 is 2.55 bits per heavy atom. The highest BCUT2D eigenvalue weighted by molar-refractivity contribution is 5.28. The lowest BCUT2D eigenvalue weighted by atomic mass is 9.41. The molecule has 0 heterocycles. The summed E-state index contributed by atoms with van der Waals surface area (Å²) >= 11 is 0. The van der Waals surface area contributed by atoms with Crippen molar-refractivity contribution in [3.05, 3.63) is 11.6 Å². The van der Waals surface area contributed by atoms with Gasteiger partial charge in [0.1, 0.15) is 0 Å². The topological polar surface area (TPSA) is 40.5 Å². The molecule has 2 heteroatoms. The molecule has 0 aliphatic heterocycles. The highest BCUT2D eigenvalue weighted by Crippen LogP contribution is 2.70. The Kier molecular flexibility index (Phi) is 3.18. The monoisotopic (exact) mass is 304 g/mol. The molecular formula is C20H32O2. The van der Waals surface area contributed by atoms with Gasteiger partial charge in [-0.3, -0.25) is 0 Å². The fraction of sp³-hybridized carbons (Fsp3) is 0.900. The van der Waals surface area contributed by atoms with Gasteiger partial charge in [0.2, 0.25) is 0 Å². The Labute approximate surface area is 135 Å². The van der Waals surface area contributed by atoms with E-state index in [-0.39, 0.29) is 18.1 Å². The SMILES string of the molecule is CC1(C)C(O)CCC2(C)C3CCC4CC3(C=C4CO)CCC12. The van der Waals surface area contributed by atoms with Crippen LogP contribution in [-0.2, 0) is 0 Å². The third-order valence-electron chi connectivity index (χ3n) is 8.51. The zero-order chi connectivity index (χ0) is 15.8. The lowest BCUT2D eigenvalue weighted by molar-refractivity contribution is -0.172. The van der Waals surface area contributed by atoms with Gasteiger partial charge in [0, 0.05) is 0 Å². The minimum Gasteiger partial charge on any atom is -0.393 e. The van der Waals surface area contributed by atoms with Crippen LogP contribution in [0.4, 0.5) is 0 Å². The molecule has 1 spiro atoms. The van der Waals surface area contributed by atoms with Gasteiger partial charge in [-0.05, 0) is 84.5 Å². The van der Waals surface area contributed by atoms with E-state index < -0.39 is 0 Å². The van der Waals surface area contributed by atoms with E-state index in [1.807, 2.05) is 0 Å². The summed E-state index contributed by atoms with van der Waals surface area (Å²) in [6.45, 7) is 7.39. The summed E-state index contributed by atoms with van der Waals surface area (Å²) in [7, 11) is 0. The predicted octanol–water partition coefficient (Wildman–Crippen LogP) is 3.92. The van der Waals surface area contributed by atoms with Crippen LogP contribution in [-0.4, -0.2) is 22.9 Å². The first-order chi connectivity index (χ1) is 10.3. The largest absolute Gasteiger partial charge is 0.393 e. The molecule has 0 saturated heterocycles. The van der Waals surface area contributed by atoms with E-state index in [9.17, 15) is 10.2 Å². The van der Waals surface area contributed by atoms with Crippen LogP contribution in [0.3, 0.4) is 0 Å². The van der Waals surface area contributed by atoms with Crippen molar-refractivity contribution in [1.29, 1.82) is 0 Å². The summed E-state index contributed by atoms with van der Waals surface area (Å²) in [5, 5.41) is 20.3. The summed E-state index contributed by atoms with van der Waals surface area (Å²) in [5.74, 6) is 2.05. The molecule has 6 unspecified atom stereocenters. The molecule has 3 fully saturated rings. The van der Waals surface area contributed by atoms with Crippen molar-refractivity contribution in [3.8, 4) is 0 Å². The van der Waals surface area contributed by atoms with E-state index in [0.717, 1.165) is 12.3 Å². The number of allylic oxidation sites excluding steroid dienone is 1. The number of hydrogen-bond acceptors (Lipinski definition) is 2.